The predicted molar refractivity (Wildman–Crippen MR) is 79.0 cm³/mol. The summed E-state index contributed by atoms with van der Waals surface area (Å²) in [7, 11) is 0. The van der Waals surface area contributed by atoms with Gasteiger partial charge in [0.1, 0.15) is 5.75 Å². The molecule has 1 aliphatic rings. The topological polar surface area (TPSA) is 28.3 Å². The third kappa shape index (κ3) is 2.75. The van der Waals surface area contributed by atoms with Crippen molar-refractivity contribution in [2.75, 3.05) is 13.5 Å². The highest BCUT2D eigenvalue weighted by atomic mass is 19.3. The molecule has 1 aromatic carbocycles. The van der Waals surface area contributed by atoms with Gasteiger partial charge in [-0.3, -0.25) is 0 Å². The van der Waals surface area contributed by atoms with E-state index in [4.69, 9.17) is 4.11 Å². The first-order valence-corrected chi connectivity index (χ1v) is 7.09. The van der Waals surface area contributed by atoms with E-state index in [0.29, 0.717) is 18.4 Å². The van der Waals surface area contributed by atoms with Crippen molar-refractivity contribution < 1.29 is 17.6 Å². The minimum Gasteiger partial charge on any atom is -0.434 e. The first-order valence-electron chi connectivity index (χ1n) is 8.59. The van der Waals surface area contributed by atoms with E-state index in [1.54, 1.807) is 12.1 Å². The summed E-state index contributed by atoms with van der Waals surface area (Å²) in [5.41, 5.74) is 2.43. The summed E-state index contributed by atoms with van der Waals surface area (Å²) >= 11 is 0. The molecule has 0 amide bonds. The molecule has 3 rings (SSSR count). The van der Waals surface area contributed by atoms with E-state index in [0.717, 1.165) is 29.6 Å². The number of nitrogens with zero attached hydrogens (tertiary/aromatic N) is 1. The van der Waals surface area contributed by atoms with Crippen molar-refractivity contribution in [3.63, 3.8) is 0 Å². The highest BCUT2D eigenvalue weighted by Crippen LogP contribution is 2.34. The van der Waals surface area contributed by atoms with Gasteiger partial charge in [-0.1, -0.05) is 6.07 Å². The number of hydrogen-bond donors (Lipinski definition) is 1. The van der Waals surface area contributed by atoms with Crippen molar-refractivity contribution in [3.8, 4) is 5.75 Å². The first kappa shape index (κ1) is 11.0. The Kier molecular flexibility index (Phi) is 2.96. The Balaban J connectivity index is 1.98. The van der Waals surface area contributed by atoms with Gasteiger partial charge >= 0.3 is 6.61 Å². The fraction of sp³-hybridized carbons (Fsp3) is 0.500. The Labute approximate surface area is 127 Å². The number of likely N-dealkylation sites (N-methyl/N-ethyl adjacent to an activating group) is 1. The lowest BCUT2D eigenvalue weighted by molar-refractivity contribution is -0.0488. The number of aryl methyl sites for hydroxylation is 1. The molecule has 1 aromatic heterocycles. The number of H-pyrrole nitrogens is 1. The van der Waals surface area contributed by atoms with Crippen LogP contribution in [0.1, 0.15) is 28.2 Å². The maximum Gasteiger partial charge on any atom is 0.387 e. The van der Waals surface area contributed by atoms with Gasteiger partial charge in [0.25, 0.3) is 0 Å². The number of aromatic amines is 1. The molecular weight excluding hydrogens is 274 g/mol. The van der Waals surface area contributed by atoms with Crippen LogP contribution in [0.4, 0.5) is 8.78 Å². The minimum atomic E-state index is -2.90. The van der Waals surface area contributed by atoms with Crippen molar-refractivity contribution >= 4 is 10.9 Å². The summed E-state index contributed by atoms with van der Waals surface area (Å²) in [6, 6.07) is 4.85. The molecule has 114 valence electrons. The number of rotatable bonds is 4. The molecule has 0 unspecified atom stereocenters. The van der Waals surface area contributed by atoms with Crippen LogP contribution in [0.5, 0.6) is 5.75 Å². The molecular formula is C16H20F2N2O. The molecule has 0 radical (unpaired) electrons. The summed E-state index contributed by atoms with van der Waals surface area (Å²) in [6.45, 7) is -2.63. The van der Waals surface area contributed by atoms with E-state index in [1.165, 1.54) is 11.0 Å². The zero-order chi connectivity index (χ0) is 17.5. The summed E-state index contributed by atoms with van der Waals surface area (Å²) in [5.74, 6) is 0.125. The molecule has 0 saturated carbocycles. The highest BCUT2D eigenvalue weighted by Gasteiger charge is 2.24. The quantitative estimate of drug-likeness (QED) is 0.931. The van der Waals surface area contributed by atoms with Crippen molar-refractivity contribution in [1.29, 1.82) is 0 Å². The lowest BCUT2D eigenvalue weighted by Gasteiger charge is -2.19. The van der Waals surface area contributed by atoms with Crippen LogP contribution in [-0.2, 0) is 6.42 Å². The first-order chi connectivity index (χ1) is 11.3. The Morgan fingerprint density at radius 2 is 2.38 bits per heavy atom. The van der Waals surface area contributed by atoms with E-state index in [1.807, 2.05) is 6.92 Å². The summed E-state index contributed by atoms with van der Waals surface area (Å²) in [6.07, 6.45) is 2.10. The predicted octanol–water partition coefficient (Wildman–Crippen LogP) is 3.71. The van der Waals surface area contributed by atoms with Gasteiger partial charge in [0, 0.05) is 26.8 Å². The molecule has 0 aliphatic carbocycles. The maximum absolute atomic E-state index is 12.7. The molecule has 0 spiro atoms. The number of benzene rings is 1. The molecule has 1 atom stereocenters. The summed E-state index contributed by atoms with van der Waals surface area (Å²) in [5, 5.41) is 0.618. The van der Waals surface area contributed by atoms with Gasteiger partial charge in [0.05, 0.1) is 0 Å². The number of likely N-dealkylation sites (tertiary alicyclic amines) is 1. The molecule has 2 heterocycles. The van der Waals surface area contributed by atoms with Crippen molar-refractivity contribution in [3.05, 3.63) is 29.5 Å². The van der Waals surface area contributed by atoms with Crippen LogP contribution in [0, 0.1) is 6.92 Å². The number of fused-ring (bicyclic) bond motifs is 1. The number of alkyl halides is 2. The molecule has 5 heteroatoms. The molecule has 1 N–H and O–H groups in total. The standard InChI is InChI=1S/C16H20F2N2O/c1-10-12(9-11-5-4-8-20(11)2)15-13(19-10)6-3-7-14(15)21-16(17)18/h3,6-7,11,16,19H,4-5,8-9H2,1-2H3/t11-/m1/s1/i2D3. The Bertz CT molecular complexity index is 730. The van der Waals surface area contributed by atoms with E-state index in [9.17, 15) is 8.78 Å². The molecule has 2 aromatic rings. The van der Waals surface area contributed by atoms with Gasteiger partial charge in [0.2, 0.25) is 0 Å². The number of ether oxygens (including phenoxy) is 1. The third-order valence-electron chi connectivity index (χ3n) is 4.14. The number of halogens is 2. The SMILES string of the molecule is [2H]C([2H])([2H])N1CCC[C@@H]1Cc1c(C)[nH]c2cccc(OC(F)F)c12. The smallest absolute Gasteiger partial charge is 0.387 e. The van der Waals surface area contributed by atoms with E-state index in [-0.39, 0.29) is 11.8 Å². The second-order valence-corrected chi connectivity index (χ2v) is 5.48. The van der Waals surface area contributed by atoms with E-state index < -0.39 is 13.6 Å². The van der Waals surface area contributed by atoms with Crippen LogP contribution in [0.3, 0.4) is 0 Å². The molecule has 3 nitrogen and oxygen atoms in total. The van der Waals surface area contributed by atoms with Crippen LogP contribution in [-0.4, -0.2) is 36.1 Å². The molecule has 1 saturated heterocycles. The van der Waals surface area contributed by atoms with Crippen molar-refractivity contribution in [1.82, 2.24) is 9.88 Å². The Morgan fingerprint density at radius 3 is 3.14 bits per heavy atom. The zero-order valence-electron chi connectivity index (χ0n) is 14.8. The fourth-order valence-electron chi connectivity index (χ4n) is 3.14. The van der Waals surface area contributed by atoms with Crippen LogP contribution in [0.15, 0.2) is 18.2 Å². The average Bonchev–Trinajstić information content (AvgIpc) is 3.04. The van der Waals surface area contributed by atoms with Gasteiger partial charge in [-0.15, -0.1) is 0 Å². The van der Waals surface area contributed by atoms with Gasteiger partial charge in [0.15, 0.2) is 0 Å². The van der Waals surface area contributed by atoms with Gasteiger partial charge < -0.3 is 14.6 Å². The second-order valence-electron chi connectivity index (χ2n) is 5.48. The summed E-state index contributed by atoms with van der Waals surface area (Å²) in [4.78, 5) is 4.71. The highest BCUT2D eigenvalue weighted by molar-refractivity contribution is 5.90. The van der Waals surface area contributed by atoms with Gasteiger partial charge in [-0.05, 0) is 57.4 Å². The van der Waals surface area contributed by atoms with Gasteiger partial charge in [-0.25, -0.2) is 0 Å². The van der Waals surface area contributed by atoms with Crippen molar-refractivity contribution in [2.24, 2.45) is 0 Å². The third-order valence-corrected chi connectivity index (χ3v) is 4.14. The number of hydrogen-bond acceptors (Lipinski definition) is 2. The zero-order valence-corrected chi connectivity index (χ0v) is 11.8. The Hall–Kier alpha value is -1.62. The minimum absolute atomic E-state index is 0.125. The molecule has 1 fully saturated rings. The second kappa shape index (κ2) is 5.64. The fourth-order valence-corrected chi connectivity index (χ4v) is 3.14. The summed E-state index contributed by atoms with van der Waals surface area (Å²) < 4.78 is 53.1. The van der Waals surface area contributed by atoms with Crippen LogP contribution >= 0.6 is 0 Å². The number of aromatic nitrogens is 1. The lowest BCUT2D eigenvalue weighted by Crippen LogP contribution is -2.27. The maximum atomic E-state index is 12.7. The molecule has 0 bridgehead atoms. The van der Waals surface area contributed by atoms with Crippen LogP contribution < -0.4 is 4.74 Å². The van der Waals surface area contributed by atoms with Crippen molar-refractivity contribution in [2.45, 2.75) is 38.8 Å². The van der Waals surface area contributed by atoms with Crippen LogP contribution in [0.2, 0.25) is 0 Å². The van der Waals surface area contributed by atoms with E-state index >= 15 is 0 Å². The van der Waals surface area contributed by atoms with Crippen LogP contribution in [0.25, 0.3) is 10.9 Å². The Morgan fingerprint density at radius 1 is 1.52 bits per heavy atom. The van der Waals surface area contributed by atoms with E-state index in [2.05, 4.69) is 9.72 Å². The lowest BCUT2D eigenvalue weighted by atomic mass is 10.0. The largest absolute Gasteiger partial charge is 0.434 e. The molecule has 21 heavy (non-hydrogen) atoms. The normalized spacial score (nSPS) is 22.5. The van der Waals surface area contributed by atoms with Gasteiger partial charge in [-0.2, -0.15) is 8.78 Å². The monoisotopic (exact) mass is 297 g/mol. The average molecular weight is 297 g/mol. The number of nitrogens with one attached hydrogen (secondary N) is 1. The molecule has 1 aliphatic heterocycles.